The fourth-order valence-corrected chi connectivity index (χ4v) is 3.17. The molecule has 5 nitrogen and oxygen atoms in total. The van der Waals surface area contributed by atoms with Gasteiger partial charge in [0.2, 0.25) is 5.91 Å². The van der Waals surface area contributed by atoms with Gasteiger partial charge in [-0.1, -0.05) is 26.7 Å². The number of amides is 1. The Labute approximate surface area is 121 Å². The number of piperidine rings is 1. The van der Waals surface area contributed by atoms with Gasteiger partial charge >= 0.3 is 5.97 Å². The minimum Gasteiger partial charge on any atom is -0.481 e. The van der Waals surface area contributed by atoms with Gasteiger partial charge in [0, 0.05) is 13.1 Å². The third-order valence-corrected chi connectivity index (χ3v) is 4.45. The molecule has 0 bridgehead atoms. The molecule has 0 aliphatic carbocycles. The molecule has 1 unspecified atom stereocenters. The maximum Gasteiger partial charge on any atom is 0.309 e. The van der Waals surface area contributed by atoms with Crippen molar-refractivity contribution >= 4 is 11.9 Å². The van der Waals surface area contributed by atoms with Crippen LogP contribution in [0.15, 0.2) is 0 Å². The Balaban J connectivity index is 2.70. The molecule has 1 rings (SSSR count). The van der Waals surface area contributed by atoms with Crippen LogP contribution in [-0.4, -0.2) is 40.5 Å². The lowest BCUT2D eigenvalue weighted by Crippen LogP contribution is -2.56. The Hall–Kier alpha value is -1.10. The van der Waals surface area contributed by atoms with Crippen molar-refractivity contribution in [3.8, 4) is 0 Å². The van der Waals surface area contributed by atoms with Gasteiger partial charge in [0.05, 0.1) is 11.0 Å². The normalized spacial score (nSPS) is 21.3. The first kappa shape index (κ1) is 17.0. The number of hydrogen-bond acceptors (Lipinski definition) is 3. The second-order valence-corrected chi connectivity index (χ2v) is 6.30. The predicted molar refractivity (Wildman–Crippen MR) is 78.3 cm³/mol. The highest BCUT2D eigenvalue weighted by Crippen LogP contribution is 2.37. The molecule has 5 heteroatoms. The number of likely N-dealkylation sites (tertiary alicyclic amines) is 1. The van der Waals surface area contributed by atoms with Gasteiger partial charge in [0.1, 0.15) is 0 Å². The van der Waals surface area contributed by atoms with Crippen LogP contribution in [0.2, 0.25) is 0 Å². The number of carboxylic acid groups (broad SMARTS) is 1. The van der Waals surface area contributed by atoms with E-state index in [0.29, 0.717) is 38.8 Å². The topological polar surface area (TPSA) is 83.6 Å². The lowest BCUT2D eigenvalue weighted by molar-refractivity contribution is -0.156. The van der Waals surface area contributed by atoms with Gasteiger partial charge in [0.15, 0.2) is 0 Å². The molecule has 20 heavy (non-hydrogen) atoms. The number of aliphatic carboxylic acids is 1. The fraction of sp³-hybridized carbons (Fsp3) is 0.867. The maximum absolute atomic E-state index is 12.4. The van der Waals surface area contributed by atoms with Gasteiger partial charge in [-0.25, -0.2) is 0 Å². The summed E-state index contributed by atoms with van der Waals surface area (Å²) < 4.78 is 0. The van der Waals surface area contributed by atoms with Crippen LogP contribution < -0.4 is 5.73 Å². The average Bonchev–Trinajstić information content (AvgIpc) is 2.39. The molecule has 1 aliphatic heterocycles. The van der Waals surface area contributed by atoms with Crippen molar-refractivity contribution in [1.29, 1.82) is 0 Å². The zero-order chi connectivity index (χ0) is 15.4. The quantitative estimate of drug-likeness (QED) is 0.781. The summed E-state index contributed by atoms with van der Waals surface area (Å²) >= 11 is 0. The van der Waals surface area contributed by atoms with Crippen molar-refractivity contribution in [1.82, 2.24) is 4.90 Å². The zero-order valence-corrected chi connectivity index (χ0v) is 12.9. The van der Waals surface area contributed by atoms with Crippen molar-refractivity contribution in [2.45, 2.75) is 64.8 Å². The van der Waals surface area contributed by atoms with Crippen LogP contribution >= 0.6 is 0 Å². The number of carbonyl (C=O) groups excluding carboxylic acids is 1. The van der Waals surface area contributed by atoms with Crippen LogP contribution in [0.25, 0.3) is 0 Å². The third-order valence-electron chi connectivity index (χ3n) is 4.45. The molecule has 0 spiro atoms. The number of carbonyl (C=O) groups is 2. The summed E-state index contributed by atoms with van der Waals surface area (Å²) in [6, 6.07) is 0. The van der Waals surface area contributed by atoms with Gasteiger partial charge in [-0.05, 0) is 32.6 Å². The van der Waals surface area contributed by atoms with E-state index in [2.05, 4.69) is 0 Å². The van der Waals surface area contributed by atoms with Gasteiger partial charge in [0.25, 0.3) is 0 Å². The average molecular weight is 284 g/mol. The van der Waals surface area contributed by atoms with Gasteiger partial charge in [-0.2, -0.15) is 0 Å². The lowest BCUT2D eigenvalue weighted by Gasteiger charge is -2.41. The molecule has 1 amide bonds. The molecule has 0 aromatic carbocycles. The Morgan fingerprint density at radius 1 is 1.25 bits per heavy atom. The summed E-state index contributed by atoms with van der Waals surface area (Å²) in [4.78, 5) is 25.7. The standard InChI is InChI=1S/C15H28N2O3/c1-4-6-14(3,16)12(18)17-10-8-15(7-5-2,9-11-17)13(19)20/h4-11,16H2,1-3H3,(H,19,20). The van der Waals surface area contributed by atoms with Crippen LogP contribution in [0.3, 0.4) is 0 Å². The van der Waals surface area contributed by atoms with Crippen molar-refractivity contribution in [3.63, 3.8) is 0 Å². The van der Waals surface area contributed by atoms with E-state index in [1.165, 1.54) is 0 Å². The van der Waals surface area contributed by atoms with Crippen molar-refractivity contribution < 1.29 is 14.7 Å². The molecule has 1 aliphatic rings. The van der Waals surface area contributed by atoms with Crippen molar-refractivity contribution in [3.05, 3.63) is 0 Å². The van der Waals surface area contributed by atoms with Crippen LogP contribution in [-0.2, 0) is 9.59 Å². The van der Waals surface area contributed by atoms with E-state index in [-0.39, 0.29) is 5.91 Å². The van der Waals surface area contributed by atoms with E-state index in [1.54, 1.807) is 11.8 Å². The van der Waals surface area contributed by atoms with E-state index in [1.807, 2.05) is 13.8 Å². The summed E-state index contributed by atoms with van der Waals surface area (Å²) in [5.41, 5.74) is 4.60. The summed E-state index contributed by atoms with van der Waals surface area (Å²) in [6.07, 6.45) is 4.11. The molecule has 1 fully saturated rings. The molecule has 1 heterocycles. The highest BCUT2D eigenvalue weighted by Gasteiger charge is 2.43. The first-order valence-corrected chi connectivity index (χ1v) is 7.61. The smallest absolute Gasteiger partial charge is 0.309 e. The Morgan fingerprint density at radius 3 is 2.20 bits per heavy atom. The second-order valence-electron chi connectivity index (χ2n) is 6.30. The number of carboxylic acids is 1. The molecule has 3 N–H and O–H groups in total. The van der Waals surface area contributed by atoms with Crippen LogP contribution in [0, 0.1) is 5.41 Å². The van der Waals surface area contributed by atoms with Crippen LogP contribution in [0.4, 0.5) is 0 Å². The molecular formula is C15H28N2O3. The monoisotopic (exact) mass is 284 g/mol. The van der Waals surface area contributed by atoms with E-state index in [9.17, 15) is 14.7 Å². The predicted octanol–water partition coefficient (Wildman–Crippen LogP) is 2.00. The second kappa shape index (κ2) is 6.57. The molecular weight excluding hydrogens is 256 g/mol. The first-order valence-electron chi connectivity index (χ1n) is 7.61. The van der Waals surface area contributed by atoms with Gasteiger partial charge in [-0.15, -0.1) is 0 Å². The number of hydrogen-bond donors (Lipinski definition) is 2. The molecule has 1 atom stereocenters. The maximum atomic E-state index is 12.4. The molecule has 116 valence electrons. The Kier molecular flexibility index (Phi) is 5.57. The molecule has 0 aromatic heterocycles. The first-order chi connectivity index (χ1) is 9.29. The summed E-state index contributed by atoms with van der Waals surface area (Å²) in [6.45, 7) is 6.78. The lowest BCUT2D eigenvalue weighted by atomic mass is 9.74. The Morgan fingerprint density at radius 2 is 1.80 bits per heavy atom. The molecule has 0 radical (unpaired) electrons. The van der Waals surface area contributed by atoms with E-state index < -0.39 is 16.9 Å². The van der Waals surface area contributed by atoms with E-state index >= 15 is 0 Å². The van der Waals surface area contributed by atoms with E-state index in [4.69, 9.17) is 5.73 Å². The summed E-state index contributed by atoms with van der Waals surface area (Å²) in [5.74, 6) is -0.773. The van der Waals surface area contributed by atoms with Crippen LogP contribution in [0.1, 0.15) is 59.3 Å². The highest BCUT2D eigenvalue weighted by atomic mass is 16.4. The Bertz CT molecular complexity index is 358. The summed E-state index contributed by atoms with van der Waals surface area (Å²) in [5, 5.41) is 9.46. The van der Waals surface area contributed by atoms with Crippen molar-refractivity contribution in [2.75, 3.05) is 13.1 Å². The summed E-state index contributed by atoms with van der Waals surface area (Å²) in [7, 11) is 0. The molecule has 1 saturated heterocycles. The minimum absolute atomic E-state index is 0.0464. The fourth-order valence-electron chi connectivity index (χ4n) is 3.17. The largest absolute Gasteiger partial charge is 0.481 e. The molecule has 0 aromatic rings. The van der Waals surface area contributed by atoms with Gasteiger partial charge < -0.3 is 15.7 Å². The number of nitrogens with zero attached hydrogens (tertiary/aromatic N) is 1. The number of rotatable bonds is 6. The minimum atomic E-state index is -0.831. The van der Waals surface area contributed by atoms with Crippen molar-refractivity contribution in [2.24, 2.45) is 11.1 Å². The third kappa shape index (κ3) is 3.51. The zero-order valence-electron chi connectivity index (χ0n) is 12.9. The number of nitrogens with two attached hydrogens (primary N) is 1. The molecule has 0 saturated carbocycles. The van der Waals surface area contributed by atoms with Gasteiger partial charge in [-0.3, -0.25) is 9.59 Å². The highest BCUT2D eigenvalue weighted by molar-refractivity contribution is 5.86. The van der Waals surface area contributed by atoms with E-state index in [0.717, 1.165) is 12.8 Å². The van der Waals surface area contributed by atoms with Crippen LogP contribution in [0.5, 0.6) is 0 Å². The SMILES string of the molecule is CCCC(C)(N)C(=O)N1CCC(CCC)(C(=O)O)CC1.